The molecule has 0 saturated heterocycles. The quantitative estimate of drug-likeness (QED) is 0.239. The highest BCUT2D eigenvalue weighted by Gasteiger charge is 2.37. The van der Waals surface area contributed by atoms with Gasteiger partial charge in [-0.2, -0.15) is 18.2 Å². The van der Waals surface area contributed by atoms with Crippen molar-refractivity contribution >= 4 is 12.0 Å². The van der Waals surface area contributed by atoms with Crippen molar-refractivity contribution in [3.8, 4) is 28.7 Å². The van der Waals surface area contributed by atoms with Crippen molar-refractivity contribution in [1.82, 2.24) is 39.5 Å². The minimum absolute atomic E-state index is 0.0163. The van der Waals surface area contributed by atoms with E-state index in [1.807, 2.05) is 12.1 Å². The summed E-state index contributed by atoms with van der Waals surface area (Å²) in [6.45, 7) is 1.76. The average Bonchev–Trinajstić information content (AvgIpc) is 4.02. The first kappa shape index (κ1) is 30.0. The van der Waals surface area contributed by atoms with Crippen LogP contribution in [-0.4, -0.2) is 52.5 Å². The Balaban J connectivity index is 1.23. The van der Waals surface area contributed by atoms with Gasteiger partial charge in [-0.3, -0.25) is 4.79 Å². The van der Waals surface area contributed by atoms with Crippen LogP contribution >= 0.6 is 0 Å². The lowest BCUT2D eigenvalue weighted by Gasteiger charge is -2.16. The summed E-state index contributed by atoms with van der Waals surface area (Å²) in [4.78, 5) is 48.8. The van der Waals surface area contributed by atoms with Gasteiger partial charge < -0.3 is 9.30 Å². The summed E-state index contributed by atoms with van der Waals surface area (Å²) >= 11 is 0. The maximum Gasteiger partial charge on any atom is 0.434 e. The van der Waals surface area contributed by atoms with Gasteiger partial charge in [-0.15, -0.1) is 0 Å². The highest BCUT2D eigenvalue weighted by Crippen LogP contribution is 2.45. The SMILES string of the molecule is COc1ncnc(C2CC2)c1-c1nc(Cc2ccc(-c3nc(C(F)(F)F)cn3C3CC3)cc2)c2c(n1)=NC(=O)C(c1cnc(C)nc1)C=2. The highest BCUT2D eigenvalue weighted by molar-refractivity contribution is 5.91. The Morgan fingerprint density at radius 1 is 0.958 bits per heavy atom. The highest BCUT2D eigenvalue weighted by atomic mass is 19.4. The Hall–Kier alpha value is -5.40. The van der Waals surface area contributed by atoms with Gasteiger partial charge in [0, 0.05) is 53.3 Å². The number of methoxy groups -OCH3 is 1. The molecule has 48 heavy (non-hydrogen) atoms. The largest absolute Gasteiger partial charge is 0.480 e. The molecule has 2 fully saturated rings. The van der Waals surface area contributed by atoms with Gasteiger partial charge in [0.05, 0.1) is 24.4 Å². The molecule has 242 valence electrons. The lowest BCUT2D eigenvalue weighted by atomic mass is 9.96. The predicted molar refractivity (Wildman–Crippen MR) is 165 cm³/mol. The summed E-state index contributed by atoms with van der Waals surface area (Å²) in [7, 11) is 1.52. The molecule has 0 bridgehead atoms. The van der Waals surface area contributed by atoms with Gasteiger partial charge in [0.25, 0.3) is 5.91 Å². The number of rotatable bonds is 8. The predicted octanol–water partition coefficient (Wildman–Crippen LogP) is 4.45. The van der Waals surface area contributed by atoms with Crippen LogP contribution < -0.4 is 15.4 Å². The van der Waals surface area contributed by atoms with Gasteiger partial charge in [-0.25, -0.2) is 34.9 Å². The fourth-order valence-electron chi connectivity index (χ4n) is 5.97. The Bertz CT molecular complexity index is 2190. The monoisotopic (exact) mass is 651 g/mol. The lowest BCUT2D eigenvalue weighted by Crippen LogP contribution is -2.40. The Morgan fingerprint density at radius 3 is 2.38 bits per heavy atom. The number of benzene rings is 1. The van der Waals surface area contributed by atoms with Crippen LogP contribution in [0.5, 0.6) is 5.88 Å². The average molecular weight is 652 g/mol. The number of aromatic nitrogens is 8. The summed E-state index contributed by atoms with van der Waals surface area (Å²) in [5.41, 5.74) is 3.28. The van der Waals surface area contributed by atoms with Crippen LogP contribution in [0, 0.1) is 6.92 Å². The van der Waals surface area contributed by atoms with Crippen LogP contribution in [0.3, 0.4) is 0 Å². The van der Waals surface area contributed by atoms with E-state index in [2.05, 4.69) is 29.9 Å². The maximum absolute atomic E-state index is 13.5. The summed E-state index contributed by atoms with van der Waals surface area (Å²) in [6, 6.07) is 7.26. The standard InChI is InChI=1S/C34H28F3N9O2/c1-17-38-13-21(14-39-17)23-12-24-25(11-18-3-5-20(6-4-18)31-43-26(34(35,36)37)15-46(31)22-9-10-22)42-30(44-29(24)45-32(23)47)27-28(19-7-8-19)40-16-41-33(27)48-2/h3-6,12-16,19,22-23H,7-11H2,1-2H3. The van der Waals surface area contributed by atoms with Crippen LogP contribution in [0.15, 0.2) is 54.2 Å². The smallest absolute Gasteiger partial charge is 0.434 e. The first-order chi connectivity index (χ1) is 23.2. The van der Waals surface area contributed by atoms with Gasteiger partial charge in [0.1, 0.15) is 23.5 Å². The number of ether oxygens (including phenoxy) is 1. The zero-order chi connectivity index (χ0) is 33.2. The number of fused-ring (bicyclic) bond motifs is 1. The second-order valence-corrected chi connectivity index (χ2v) is 12.3. The number of alkyl halides is 3. The van der Waals surface area contributed by atoms with Crippen molar-refractivity contribution in [3.63, 3.8) is 0 Å². The van der Waals surface area contributed by atoms with E-state index < -0.39 is 23.7 Å². The van der Waals surface area contributed by atoms with Gasteiger partial charge in [0.2, 0.25) is 5.88 Å². The number of hydrogen-bond donors (Lipinski definition) is 0. The third-order valence-corrected chi connectivity index (χ3v) is 8.75. The number of halogens is 3. The number of carbonyl (C=O) groups excluding carboxylic acids is 1. The van der Waals surface area contributed by atoms with Crippen LogP contribution in [0.25, 0.3) is 28.9 Å². The van der Waals surface area contributed by atoms with Crippen molar-refractivity contribution < 1.29 is 22.7 Å². The number of amides is 1. The van der Waals surface area contributed by atoms with Gasteiger partial charge in [0.15, 0.2) is 17.0 Å². The zero-order valence-electron chi connectivity index (χ0n) is 25.9. The van der Waals surface area contributed by atoms with E-state index in [0.717, 1.165) is 43.1 Å². The van der Waals surface area contributed by atoms with Crippen LogP contribution in [0.2, 0.25) is 0 Å². The fraction of sp³-hybridized carbons (Fsp3) is 0.324. The minimum Gasteiger partial charge on any atom is -0.480 e. The second kappa shape index (κ2) is 11.4. The molecule has 4 aromatic heterocycles. The van der Waals surface area contributed by atoms with E-state index in [0.29, 0.717) is 51.6 Å². The molecule has 14 heteroatoms. The van der Waals surface area contributed by atoms with Crippen LogP contribution in [-0.2, 0) is 17.4 Å². The Kier molecular flexibility index (Phi) is 7.11. The topological polar surface area (TPSA) is 134 Å². The van der Waals surface area contributed by atoms with E-state index >= 15 is 0 Å². The minimum atomic E-state index is -4.53. The molecule has 5 aromatic rings. The van der Waals surface area contributed by atoms with Gasteiger partial charge >= 0.3 is 6.18 Å². The van der Waals surface area contributed by atoms with Crippen molar-refractivity contribution in [2.75, 3.05) is 7.11 Å². The molecule has 0 N–H and O–H groups in total. The first-order valence-electron chi connectivity index (χ1n) is 15.6. The number of aryl methyl sites for hydroxylation is 1. The molecule has 3 aliphatic rings. The molecule has 11 nitrogen and oxygen atoms in total. The summed E-state index contributed by atoms with van der Waals surface area (Å²) in [6.07, 6.45) is 6.93. The number of hydrogen-bond acceptors (Lipinski definition) is 9. The third kappa shape index (κ3) is 5.60. The van der Waals surface area contributed by atoms with Crippen molar-refractivity contribution in [2.45, 2.75) is 63.1 Å². The molecular weight excluding hydrogens is 623 g/mol. The maximum atomic E-state index is 13.5. The molecule has 0 radical (unpaired) electrons. The summed E-state index contributed by atoms with van der Waals surface area (Å²) < 4.78 is 47.8. The summed E-state index contributed by atoms with van der Waals surface area (Å²) in [5.74, 6) is 0.587. The Labute approximate surface area is 271 Å². The van der Waals surface area contributed by atoms with Crippen molar-refractivity contribution in [3.05, 3.63) is 93.9 Å². The normalized spacial score (nSPS) is 17.4. The molecule has 1 aromatic carbocycles. The van der Waals surface area contributed by atoms with Crippen molar-refractivity contribution in [1.29, 1.82) is 0 Å². The lowest BCUT2D eigenvalue weighted by molar-refractivity contribution is -0.140. The van der Waals surface area contributed by atoms with Gasteiger partial charge in [-0.1, -0.05) is 30.3 Å². The van der Waals surface area contributed by atoms with Gasteiger partial charge in [-0.05, 0) is 38.2 Å². The first-order valence-corrected chi connectivity index (χ1v) is 15.6. The van der Waals surface area contributed by atoms with E-state index in [-0.39, 0.29) is 23.3 Å². The molecule has 1 atom stereocenters. The molecule has 0 spiro atoms. The zero-order valence-corrected chi connectivity index (χ0v) is 25.9. The molecule has 1 aliphatic heterocycles. The van der Waals surface area contributed by atoms with E-state index in [1.165, 1.54) is 13.4 Å². The molecule has 2 aliphatic carbocycles. The molecule has 1 unspecified atom stereocenters. The van der Waals surface area contributed by atoms with E-state index in [9.17, 15) is 18.0 Å². The number of carbonyl (C=O) groups is 1. The third-order valence-electron chi connectivity index (χ3n) is 8.75. The van der Waals surface area contributed by atoms with Crippen molar-refractivity contribution in [2.24, 2.45) is 4.99 Å². The molecule has 1 amide bonds. The fourth-order valence-corrected chi connectivity index (χ4v) is 5.97. The summed E-state index contributed by atoms with van der Waals surface area (Å²) in [5, 5.41) is 0.593. The molecule has 5 heterocycles. The van der Waals surface area contributed by atoms with E-state index in [4.69, 9.17) is 14.7 Å². The molecule has 2 saturated carbocycles. The molecular formula is C34H28F3N9O2. The number of nitrogens with zero attached hydrogens (tertiary/aromatic N) is 9. The Morgan fingerprint density at radius 2 is 1.71 bits per heavy atom. The second-order valence-electron chi connectivity index (χ2n) is 12.3. The number of imidazole rings is 1. The van der Waals surface area contributed by atoms with Crippen LogP contribution in [0.1, 0.15) is 77.6 Å². The van der Waals surface area contributed by atoms with E-state index in [1.54, 1.807) is 42.1 Å². The molecule has 8 rings (SSSR count). The van der Waals surface area contributed by atoms with Crippen LogP contribution in [0.4, 0.5) is 13.2 Å².